The average molecular weight is 267 g/mol. The molecule has 1 amide bonds. The number of nitrogens with zero attached hydrogens (tertiary/aromatic N) is 2. The van der Waals surface area contributed by atoms with E-state index in [1.807, 2.05) is 6.92 Å². The molecule has 0 spiro atoms. The molecule has 0 aromatic carbocycles. The molecule has 0 bridgehead atoms. The summed E-state index contributed by atoms with van der Waals surface area (Å²) in [5.74, 6) is 0.0208. The number of hydrogen-bond donors (Lipinski definition) is 1. The van der Waals surface area contributed by atoms with Gasteiger partial charge in [-0.3, -0.25) is 4.79 Å². The van der Waals surface area contributed by atoms with Crippen LogP contribution in [-0.2, 0) is 6.42 Å². The molecule has 18 heavy (non-hydrogen) atoms. The van der Waals surface area contributed by atoms with Gasteiger partial charge in [-0.25, -0.2) is 0 Å². The molecule has 1 saturated carbocycles. The highest BCUT2D eigenvalue weighted by atomic mass is 32.1. The third-order valence-corrected chi connectivity index (χ3v) is 4.30. The molecule has 0 aliphatic heterocycles. The molecule has 0 atom stereocenters. The predicted molar refractivity (Wildman–Crippen MR) is 72.9 cm³/mol. The van der Waals surface area contributed by atoms with E-state index >= 15 is 0 Å². The van der Waals surface area contributed by atoms with Crippen LogP contribution in [0.5, 0.6) is 0 Å². The highest BCUT2D eigenvalue weighted by Gasteiger charge is 2.19. The van der Waals surface area contributed by atoms with Crippen molar-refractivity contribution in [2.75, 3.05) is 0 Å². The second-order valence-electron chi connectivity index (χ2n) is 4.92. The largest absolute Gasteiger partial charge is 0.349 e. The van der Waals surface area contributed by atoms with Gasteiger partial charge in [-0.15, -0.1) is 5.10 Å². The highest BCUT2D eigenvalue weighted by Crippen LogP contribution is 2.18. The lowest BCUT2D eigenvalue weighted by atomic mass is 9.96. The molecule has 100 valence electrons. The molecule has 2 rings (SSSR count). The van der Waals surface area contributed by atoms with Crippen LogP contribution in [0.3, 0.4) is 0 Å². The molecule has 1 aliphatic rings. The van der Waals surface area contributed by atoms with Crippen LogP contribution in [0.2, 0.25) is 0 Å². The van der Waals surface area contributed by atoms with Crippen molar-refractivity contribution in [3.8, 4) is 0 Å². The number of rotatable bonds is 3. The average Bonchev–Trinajstić information content (AvgIpc) is 2.80. The predicted octanol–water partition coefficient (Wildman–Crippen LogP) is 2.94. The first-order valence-electron chi connectivity index (χ1n) is 6.93. The zero-order valence-electron chi connectivity index (χ0n) is 10.9. The van der Waals surface area contributed by atoms with Crippen molar-refractivity contribution in [1.82, 2.24) is 14.9 Å². The fourth-order valence-corrected chi connectivity index (χ4v) is 3.12. The fourth-order valence-electron chi connectivity index (χ4n) is 2.46. The maximum Gasteiger partial charge on any atom is 0.265 e. The Bertz CT molecular complexity index is 383. The standard InChI is InChI=1S/C13H21N3OS/c1-2-11-12(18-16-15-11)13(17)14-10-8-6-4-3-5-7-9-10/h10H,2-9H2,1H3,(H,14,17). The van der Waals surface area contributed by atoms with Crippen molar-refractivity contribution in [2.45, 2.75) is 64.3 Å². The molecule has 5 heteroatoms. The molecule has 1 aromatic heterocycles. The molecule has 0 radical (unpaired) electrons. The summed E-state index contributed by atoms with van der Waals surface area (Å²) < 4.78 is 3.87. The van der Waals surface area contributed by atoms with Gasteiger partial charge < -0.3 is 5.32 Å². The smallest absolute Gasteiger partial charge is 0.265 e. The van der Waals surface area contributed by atoms with Gasteiger partial charge in [0.05, 0.1) is 5.69 Å². The summed E-state index contributed by atoms with van der Waals surface area (Å²) in [6.45, 7) is 2.00. The first-order valence-corrected chi connectivity index (χ1v) is 7.70. The van der Waals surface area contributed by atoms with Gasteiger partial charge in [-0.2, -0.15) is 0 Å². The molecule has 1 fully saturated rings. The van der Waals surface area contributed by atoms with Crippen LogP contribution in [0.25, 0.3) is 0 Å². The van der Waals surface area contributed by atoms with Crippen molar-refractivity contribution in [1.29, 1.82) is 0 Å². The fraction of sp³-hybridized carbons (Fsp3) is 0.769. The van der Waals surface area contributed by atoms with Crippen LogP contribution in [0.15, 0.2) is 0 Å². The van der Waals surface area contributed by atoms with Gasteiger partial charge in [0.1, 0.15) is 4.88 Å². The van der Waals surface area contributed by atoms with E-state index in [9.17, 15) is 4.79 Å². The lowest BCUT2D eigenvalue weighted by Gasteiger charge is -2.20. The van der Waals surface area contributed by atoms with E-state index in [1.54, 1.807) is 0 Å². The van der Waals surface area contributed by atoms with Crippen LogP contribution in [-0.4, -0.2) is 21.5 Å². The van der Waals surface area contributed by atoms with Crippen LogP contribution < -0.4 is 5.32 Å². The molecule has 0 unspecified atom stereocenters. The molecule has 1 aliphatic carbocycles. The van der Waals surface area contributed by atoms with Crippen molar-refractivity contribution in [2.24, 2.45) is 0 Å². The minimum atomic E-state index is 0.0208. The van der Waals surface area contributed by atoms with Gasteiger partial charge in [-0.1, -0.05) is 43.5 Å². The second-order valence-corrected chi connectivity index (χ2v) is 5.67. The molecule has 1 aromatic rings. The molecule has 4 nitrogen and oxygen atoms in total. The minimum absolute atomic E-state index is 0.0208. The van der Waals surface area contributed by atoms with E-state index in [-0.39, 0.29) is 5.91 Å². The minimum Gasteiger partial charge on any atom is -0.349 e. The summed E-state index contributed by atoms with van der Waals surface area (Å²) in [5, 5.41) is 7.15. The number of hydrogen-bond acceptors (Lipinski definition) is 4. The van der Waals surface area contributed by atoms with Crippen molar-refractivity contribution in [3.63, 3.8) is 0 Å². The van der Waals surface area contributed by atoms with E-state index in [0.29, 0.717) is 10.9 Å². The van der Waals surface area contributed by atoms with Gasteiger partial charge in [0, 0.05) is 6.04 Å². The zero-order valence-corrected chi connectivity index (χ0v) is 11.8. The number of carbonyl (C=O) groups excluding carboxylic acids is 1. The van der Waals surface area contributed by atoms with E-state index in [0.717, 1.165) is 25.0 Å². The number of aryl methyl sites for hydroxylation is 1. The number of nitrogens with one attached hydrogen (secondary N) is 1. The van der Waals surface area contributed by atoms with Crippen molar-refractivity contribution < 1.29 is 4.79 Å². The maximum atomic E-state index is 12.2. The van der Waals surface area contributed by atoms with Gasteiger partial charge in [0.15, 0.2) is 0 Å². The summed E-state index contributed by atoms with van der Waals surface area (Å²) in [6, 6.07) is 0.338. The third-order valence-electron chi connectivity index (χ3n) is 3.54. The van der Waals surface area contributed by atoms with E-state index in [2.05, 4.69) is 14.9 Å². The summed E-state index contributed by atoms with van der Waals surface area (Å²) in [5.41, 5.74) is 0.823. The maximum absolute atomic E-state index is 12.2. The topological polar surface area (TPSA) is 54.9 Å². The first-order chi connectivity index (χ1) is 8.81. The van der Waals surface area contributed by atoms with Gasteiger partial charge in [-0.05, 0) is 30.8 Å². The van der Waals surface area contributed by atoms with Gasteiger partial charge in [0.25, 0.3) is 5.91 Å². The molecule has 0 saturated heterocycles. The molecular weight excluding hydrogens is 246 g/mol. The number of aromatic nitrogens is 2. The van der Waals surface area contributed by atoms with Crippen LogP contribution in [0, 0.1) is 0 Å². The van der Waals surface area contributed by atoms with Crippen LogP contribution in [0.4, 0.5) is 0 Å². The zero-order chi connectivity index (χ0) is 12.8. The molecule has 1 N–H and O–H groups in total. The summed E-state index contributed by atoms with van der Waals surface area (Å²) >= 11 is 1.21. The Labute approximate surface area is 112 Å². The normalized spacial score (nSPS) is 18.1. The Hall–Kier alpha value is -0.970. The van der Waals surface area contributed by atoms with Crippen molar-refractivity contribution >= 4 is 17.4 Å². The van der Waals surface area contributed by atoms with Crippen LogP contribution in [0.1, 0.15) is 67.2 Å². The van der Waals surface area contributed by atoms with E-state index in [1.165, 1.54) is 43.6 Å². The Kier molecular flexibility index (Phi) is 5.11. The van der Waals surface area contributed by atoms with Gasteiger partial charge in [0.2, 0.25) is 0 Å². The highest BCUT2D eigenvalue weighted by molar-refractivity contribution is 7.08. The lowest BCUT2D eigenvalue weighted by Crippen LogP contribution is -2.35. The Balaban J connectivity index is 1.93. The first kappa shape index (κ1) is 13.5. The summed E-state index contributed by atoms with van der Waals surface area (Å²) in [6.07, 6.45) is 9.39. The van der Waals surface area contributed by atoms with Crippen LogP contribution >= 0.6 is 11.5 Å². The molecule has 1 heterocycles. The van der Waals surface area contributed by atoms with E-state index < -0.39 is 0 Å². The Morgan fingerprint density at radius 3 is 2.61 bits per heavy atom. The third kappa shape index (κ3) is 3.51. The number of carbonyl (C=O) groups is 1. The van der Waals surface area contributed by atoms with Crippen molar-refractivity contribution in [3.05, 3.63) is 10.6 Å². The second kappa shape index (κ2) is 6.83. The Morgan fingerprint density at radius 2 is 1.94 bits per heavy atom. The SMILES string of the molecule is CCc1nnsc1C(=O)NC1CCCCCCC1. The summed E-state index contributed by atoms with van der Waals surface area (Å²) in [7, 11) is 0. The number of amides is 1. The summed E-state index contributed by atoms with van der Waals surface area (Å²) in [4.78, 5) is 12.9. The van der Waals surface area contributed by atoms with Gasteiger partial charge >= 0.3 is 0 Å². The Morgan fingerprint density at radius 1 is 1.28 bits per heavy atom. The quantitative estimate of drug-likeness (QED) is 0.916. The molecular formula is C13H21N3OS. The van der Waals surface area contributed by atoms with E-state index in [4.69, 9.17) is 0 Å². The monoisotopic (exact) mass is 267 g/mol. The lowest BCUT2D eigenvalue weighted by molar-refractivity contribution is 0.0933.